The van der Waals surface area contributed by atoms with Crippen molar-refractivity contribution in [1.29, 1.82) is 0 Å². The van der Waals surface area contributed by atoms with Crippen LogP contribution in [-0.2, 0) is 0 Å². The summed E-state index contributed by atoms with van der Waals surface area (Å²) in [5.74, 6) is 1.10. The monoisotopic (exact) mass is 323 g/mol. The smallest absolute Gasteiger partial charge is 0.199 e. The van der Waals surface area contributed by atoms with Crippen LogP contribution in [0, 0.1) is 0 Å². The maximum absolute atomic E-state index is 12.8. The molecule has 0 radical (unpaired) electrons. The second-order valence-electron chi connectivity index (χ2n) is 6.68. The van der Waals surface area contributed by atoms with Crippen LogP contribution < -0.4 is 4.74 Å². The first-order valence-electron chi connectivity index (χ1n) is 8.41. The summed E-state index contributed by atoms with van der Waals surface area (Å²) in [6.07, 6.45) is 4.42. The molecule has 0 spiro atoms. The second-order valence-corrected chi connectivity index (χ2v) is 11.7. The highest BCUT2D eigenvalue weighted by molar-refractivity contribution is 7.77. The van der Waals surface area contributed by atoms with E-state index in [2.05, 4.69) is 34.6 Å². The van der Waals surface area contributed by atoms with Gasteiger partial charge in [-0.2, -0.15) is 0 Å². The highest BCUT2D eigenvalue weighted by Gasteiger charge is 2.45. The Labute approximate surface area is 137 Å². The third-order valence-electron chi connectivity index (χ3n) is 4.83. The summed E-state index contributed by atoms with van der Waals surface area (Å²) in [4.78, 5) is 12.8. The third-order valence-corrected chi connectivity index (χ3v) is 11.0. The molecule has 0 bridgehead atoms. The van der Waals surface area contributed by atoms with E-state index in [1.165, 1.54) is 19.0 Å². The molecule has 0 atom stereocenters. The fourth-order valence-electron chi connectivity index (χ4n) is 3.14. The van der Waals surface area contributed by atoms with Crippen molar-refractivity contribution in [3.05, 3.63) is 29.8 Å². The molecule has 0 aliphatic rings. The molecule has 124 valence electrons. The summed E-state index contributed by atoms with van der Waals surface area (Å²) < 4.78 is 5.18. The number of hydrogen-bond acceptors (Lipinski definition) is 2. The maximum atomic E-state index is 12.8. The van der Waals surface area contributed by atoms with Crippen molar-refractivity contribution in [2.45, 2.75) is 58.8 Å². The molecular weight excluding hydrogens is 291 g/mol. The summed E-state index contributed by atoms with van der Waals surface area (Å²) in [5, 5.41) is 0. The molecule has 0 N–H and O–H groups in total. The Morgan fingerprint density at radius 3 is 2.05 bits per heavy atom. The predicted molar refractivity (Wildman–Crippen MR) is 99.2 cm³/mol. The second kappa shape index (κ2) is 8.67. The van der Waals surface area contributed by atoms with Gasteiger partial charge in [-0.15, -0.1) is 0 Å². The van der Waals surface area contributed by atoms with Gasteiger partial charge in [-0.05, 0) is 58.4 Å². The zero-order valence-electron chi connectivity index (χ0n) is 15.1. The van der Waals surface area contributed by atoms with Gasteiger partial charge in [-0.1, -0.05) is 13.3 Å². The number of hydrogen-bond donors (Lipinski definition) is 0. The summed E-state index contributed by atoms with van der Waals surface area (Å²) in [7, 11) is 0.371. The largest absolute Gasteiger partial charge is 0.497 e. The Morgan fingerprint density at radius 1 is 1.09 bits per heavy atom. The molecule has 1 aromatic rings. The van der Waals surface area contributed by atoms with Gasteiger partial charge in [-0.25, -0.2) is 0 Å². The van der Waals surface area contributed by atoms with Crippen molar-refractivity contribution in [2.75, 3.05) is 19.4 Å². The van der Waals surface area contributed by atoms with Crippen molar-refractivity contribution in [3.8, 4) is 5.75 Å². The van der Waals surface area contributed by atoms with Gasteiger partial charge >= 0.3 is 0 Å². The Bertz CT molecular complexity index is 455. The third kappa shape index (κ3) is 4.56. The van der Waals surface area contributed by atoms with Gasteiger partial charge in [0.05, 0.1) is 24.6 Å². The number of carbonyl (C=O) groups excluding carboxylic acids is 1. The highest BCUT2D eigenvalue weighted by Crippen LogP contribution is 2.67. The Morgan fingerprint density at radius 2 is 1.64 bits per heavy atom. The zero-order chi connectivity index (χ0) is 16.8. The molecule has 0 saturated heterocycles. The predicted octanol–water partition coefficient (Wildman–Crippen LogP) is 5.51. The molecule has 1 rings (SSSR count). The number of Topliss-reactive ketones (excluding diaryl/α,β-unsaturated/α-hetero) is 1. The number of ether oxygens (including phenoxy) is 1. The number of benzene rings is 1. The lowest BCUT2D eigenvalue weighted by molar-refractivity contribution is 0.102. The van der Waals surface area contributed by atoms with E-state index < -0.39 is 7.26 Å². The van der Waals surface area contributed by atoms with Gasteiger partial charge < -0.3 is 4.74 Å². The standard InChI is InChI=1S/C19H32O2P/c1-7-8-13-22(15(2)3,16(4)5)14-19(20)17-9-11-18(21-6)12-10-17/h9-12,15-16H,7-8,13-14H2,1-6H3/q+1. The van der Waals surface area contributed by atoms with Crippen molar-refractivity contribution in [2.24, 2.45) is 0 Å². The molecular formula is C19H32O2P+. The van der Waals surface area contributed by atoms with Crippen LogP contribution in [0.5, 0.6) is 5.75 Å². The minimum atomic E-state index is -1.28. The molecule has 2 nitrogen and oxygen atoms in total. The van der Waals surface area contributed by atoms with Crippen LogP contribution in [0.2, 0.25) is 0 Å². The van der Waals surface area contributed by atoms with E-state index in [-0.39, 0.29) is 0 Å². The van der Waals surface area contributed by atoms with Crippen molar-refractivity contribution >= 4 is 13.0 Å². The molecule has 1 aromatic carbocycles. The summed E-state index contributed by atoms with van der Waals surface area (Å²) in [6, 6.07) is 7.56. The Hall–Kier alpha value is -0.880. The van der Waals surface area contributed by atoms with E-state index in [0.29, 0.717) is 17.1 Å². The lowest BCUT2D eigenvalue weighted by Crippen LogP contribution is -2.26. The molecule has 0 unspecified atom stereocenters. The van der Waals surface area contributed by atoms with Crippen LogP contribution in [0.4, 0.5) is 0 Å². The van der Waals surface area contributed by atoms with Crippen LogP contribution in [0.3, 0.4) is 0 Å². The normalized spacial score (nSPS) is 12.0. The van der Waals surface area contributed by atoms with E-state index in [1.807, 2.05) is 24.3 Å². The Balaban J connectivity index is 2.98. The summed E-state index contributed by atoms with van der Waals surface area (Å²) >= 11 is 0. The highest BCUT2D eigenvalue weighted by atomic mass is 31.2. The van der Waals surface area contributed by atoms with Crippen molar-refractivity contribution < 1.29 is 9.53 Å². The minimum Gasteiger partial charge on any atom is -0.497 e. The van der Waals surface area contributed by atoms with Gasteiger partial charge in [0.1, 0.15) is 11.9 Å². The van der Waals surface area contributed by atoms with Crippen molar-refractivity contribution in [3.63, 3.8) is 0 Å². The zero-order valence-corrected chi connectivity index (χ0v) is 16.0. The summed E-state index contributed by atoms with van der Waals surface area (Å²) in [6.45, 7) is 11.5. The molecule has 0 fully saturated rings. The quantitative estimate of drug-likeness (QED) is 0.442. The van der Waals surface area contributed by atoms with Crippen LogP contribution in [0.25, 0.3) is 0 Å². The SMILES string of the molecule is CCCC[P+](CC(=O)c1ccc(OC)cc1)(C(C)C)C(C)C. The van der Waals surface area contributed by atoms with Crippen LogP contribution in [0.1, 0.15) is 57.8 Å². The van der Waals surface area contributed by atoms with Crippen molar-refractivity contribution in [1.82, 2.24) is 0 Å². The van der Waals surface area contributed by atoms with E-state index in [4.69, 9.17) is 4.74 Å². The number of methoxy groups -OCH3 is 1. The first-order chi connectivity index (χ1) is 10.4. The van der Waals surface area contributed by atoms with E-state index >= 15 is 0 Å². The molecule has 3 heteroatoms. The number of rotatable bonds is 9. The molecule has 0 heterocycles. The molecule has 0 amide bonds. The first-order valence-corrected chi connectivity index (χ1v) is 10.7. The Kier molecular flexibility index (Phi) is 7.56. The fourth-order valence-corrected chi connectivity index (χ4v) is 7.88. The number of ketones is 1. The number of carbonyl (C=O) groups is 1. The molecule has 0 aliphatic heterocycles. The van der Waals surface area contributed by atoms with Gasteiger partial charge in [0, 0.05) is 12.8 Å². The van der Waals surface area contributed by atoms with Gasteiger partial charge in [-0.3, -0.25) is 4.79 Å². The van der Waals surface area contributed by atoms with Crippen LogP contribution >= 0.6 is 7.26 Å². The summed E-state index contributed by atoms with van der Waals surface area (Å²) in [5.41, 5.74) is 2.05. The minimum absolute atomic E-state index is 0.300. The lowest BCUT2D eigenvalue weighted by Gasteiger charge is -2.34. The number of unbranched alkanes of at least 4 members (excludes halogenated alkanes) is 1. The van der Waals surface area contributed by atoms with Crippen LogP contribution in [0.15, 0.2) is 24.3 Å². The van der Waals surface area contributed by atoms with E-state index in [0.717, 1.165) is 17.5 Å². The fraction of sp³-hybridized carbons (Fsp3) is 0.632. The topological polar surface area (TPSA) is 26.3 Å². The van der Waals surface area contributed by atoms with E-state index in [9.17, 15) is 4.79 Å². The molecule has 22 heavy (non-hydrogen) atoms. The van der Waals surface area contributed by atoms with Gasteiger partial charge in [0.25, 0.3) is 0 Å². The van der Waals surface area contributed by atoms with E-state index in [1.54, 1.807) is 7.11 Å². The average molecular weight is 323 g/mol. The van der Waals surface area contributed by atoms with Gasteiger partial charge in [0.2, 0.25) is 0 Å². The molecule has 0 saturated carbocycles. The average Bonchev–Trinajstić information content (AvgIpc) is 2.50. The van der Waals surface area contributed by atoms with Crippen LogP contribution in [-0.4, -0.2) is 36.5 Å². The maximum Gasteiger partial charge on any atom is 0.199 e. The first kappa shape index (κ1) is 19.2. The van der Waals surface area contributed by atoms with Gasteiger partial charge in [0.15, 0.2) is 5.78 Å². The lowest BCUT2D eigenvalue weighted by atomic mass is 10.1. The molecule has 0 aromatic heterocycles. The molecule has 0 aliphatic carbocycles.